The number of hydrogen-bond donors (Lipinski definition) is 1. The van der Waals surface area contributed by atoms with Gasteiger partial charge in [0, 0.05) is 5.56 Å². The van der Waals surface area contributed by atoms with Gasteiger partial charge in [-0.1, -0.05) is 60.2 Å². The third kappa shape index (κ3) is 3.72. The van der Waals surface area contributed by atoms with Crippen molar-refractivity contribution in [2.45, 2.75) is 24.9 Å². The molecular weight excluding hydrogens is 410 g/mol. The number of fused-ring (bicyclic) bond motifs is 2. The second-order valence-corrected chi connectivity index (χ2v) is 9.98. The van der Waals surface area contributed by atoms with Gasteiger partial charge >= 0.3 is 0 Å². The highest BCUT2D eigenvalue weighted by atomic mass is 32.2. The maximum absolute atomic E-state index is 13.0. The highest BCUT2D eigenvalue weighted by molar-refractivity contribution is 7.90. The lowest BCUT2D eigenvalue weighted by Gasteiger charge is -2.12. The first-order chi connectivity index (χ1) is 14.9. The van der Waals surface area contributed by atoms with Crippen LogP contribution in [-0.2, 0) is 32.6 Å². The van der Waals surface area contributed by atoms with Crippen LogP contribution in [0.4, 0.5) is 5.82 Å². The van der Waals surface area contributed by atoms with Crippen LogP contribution in [0.2, 0.25) is 0 Å². The van der Waals surface area contributed by atoms with Crippen LogP contribution in [0.3, 0.4) is 0 Å². The van der Waals surface area contributed by atoms with Crippen molar-refractivity contribution in [3.8, 4) is 5.69 Å². The lowest BCUT2D eigenvalue weighted by Crippen LogP contribution is -2.18. The summed E-state index contributed by atoms with van der Waals surface area (Å²) in [5.41, 5.74) is 3.87. The molecule has 31 heavy (non-hydrogen) atoms. The van der Waals surface area contributed by atoms with Crippen LogP contribution in [-0.4, -0.2) is 24.1 Å². The van der Waals surface area contributed by atoms with Crippen molar-refractivity contribution in [1.29, 1.82) is 0 Å². The zero-order valence-electron chi connectivity index (χ0n) is 17.0. The summed E-state index contributed by atoms with van der Waals surface area (Å²) in [4.78, 5) is 13.0. The predicted molar refractivity (Wildman–Crippen MR) is 121 cm³/mol. The number of sulfone groups is 1. The Hall–Kier alpha value is -3.45. The molecule has 0 atom stereocenters. The Kier molecular flexibility index (Phi) is 4.63. The molecule has 1 aliphatic rings. The van der Waals surface area contributed by atoms with Crippen LogP contribution in [0.15, 0.2) is 66.7 Å². The molecule has 4 aromatic rings. The lowest BCUT2D eigenvalue weighted by atomic mass is 10.0. The zero-order valence-corrected chi connectivity index (χ0v) is 17.8. The van der Waals surface area contributed by atoms with Gasteiger partial charge in [0.05, 0.1) is 29.3 Å². The summed E-state index contributed by atoms with van der Waals surface area (Å²) in [6.07, 6.45) is 0.182. The smallest absolute Gasteiger partial charge is 0.229 e. The summed E-state index contributed by atoms with van der Waals surface area (Å²) in [6.45, 7) is 1.99. The zero-order chi connectivity index (χ0) is 21.6. The molecule has 0 bridgehead atoms. The van der Waals surface area contributed by atoms with Gasteiger partial charge in [-0.3, -0.25) is 4.79 Å². The normalized spacial score (nSPS) is 14.5. The van der Waals surface area contributed by atoms with E-state index in [1.165, 1.54) is 0 Å². The van der Waals surface area contributed by atoms with Crippen LogP contribution < -0.4 is 5.32 Å². The Morgan fingerprint density at radius 2 is 1.74 bits per heavy atom. The Morgan fingerprint density at radius 1 is 1.00 bits per heavy atom. The van der Waals surface area contributed by atoms with Crippen molar-refractivity contribution >= 4 is 32.3 Å². The first-order valence-electron chi connectivity index (χ1n) is 10.0. The number of amides is 1. The number of nitrogens with zero attached hydrogens (tertiary/aromatic N) is 2. The summed E-state index contributed by atoms with van der Waals surface area (Å²) in [5.74, 6) is 0.00716. The van der Waals surface area contributed by atoms with Gasteiger partial charge in [0.2, 0.25) is 5.91 Å². The van der Waals surface area contributed by atoms with E-state index in [-0.39, 0.29) is 23.8 Å². The third-order valence-corrected chi connectivity index (χ3v) is 7.00. The molecule has 7 heteroatoms. The number of aryl methyl sites for hydroxylation is 1. The molecular formula is C24H21N3O3S. The first-order valence-corrected chi connectivity index (χ1v) is 11.9. The molecule has 0 radical (unpaired) electrons. The topological polar surface area (TPSA) is 81.1 Å². The van der Waals surface area contributed by atoms with Crippen molar-refractivity contribution < 1.29 is 13.2 Å². The van der Waals surface area contributed by atoms with Crippen LogP contribution in [0.1, 0.15) is 22.4 Å². The number of nitrogens with one attached hydrogen (secondary N) is 1. The van der Waals surface area contributed by atoms with E-state index in [2.05, 4.69) is 10.4 Å². The lowest BCUT2D eigenvalue weighted by molar-refractivity contribution is -0.115. The van der Waals surface area contributed by atoms with Crippen LogP contribution in [0.5, 0.6) is 0 Å². The molecule has 0 saturated carbocycles. The Bertz CT molecular complexity index is 1420. The number of anilines is 1. The molecule has 3 aromatic carbocycles. The third-order valence-electron chi connectivity index (χ3n) is 5.55. The molecule has 0 fully saturated rings. The largest absolute Gasteiger partial charge is 0.310 e. The van der Waals surface area contributed by atoms with Crippen LogP contribution >= 0.6 is 0 Å². The van der Waals surface area contributed by atoms with Gasteiger partial charge in [0.15, 0.2) is 9.84 Å². The molecule has 0 unspecified atom stereocenters. The highest BCUT2D eigenvalue weighted by Crippen LogP contribution is 2.33. The van der Waals surface area contributed by atoms with Gasteiger partial charge in [-0.2, -0.15) is 5.10 Å². The number of carbonyl (C=O) groups excluding carboxylic acids is 1. The highest BCUT2D eigenvalue weighted by Gasteiger charge is 2.33. The number of hydrogen-bond acceptors (Lipinski definition) is 4. The fraction of sp³-hybridized carbons (Fsp3) is 0.167. The average Bonchev–Trinajstić information content (AvgIpc) is 3.21. The van der Waals surface area contributed by atoms with Crippen molar-refractivity contribution in [3.05, 3.63) is 89.1 Å². The standard InChI is InChI=1S/C24H21N3O3S/c1-16-9-11-19(12-10-16)27-24(21-14-31(29,30)15-22(21)26-27)25-23(28)13-18-7-4-6-17-5-2-3-8-20(17)18/h2-12H,13-15H2,1H3,(H,25,28). The Labute approximate surface area is 180 Å². The molecule has 1 aromatic heterocycles. The molecule has 1 amide bonds. The fourth-order valence-corrected chi connectivity index (χ4v) is 5.53. The molecule has 0 aliphatic carbocycles. The maximum atomic E-state index is 13.0. The Morgan fingerprint density at radius 3 is 2.55 bits per heavy atom. The summed E-state index contributed by atoms with van der Waals surface area (Å²) in [5, 5.41) is 9.57. The average molecular weight is 432 g/mol. The van der Waals surface area contributed by atoms with Gasteiger partial charge in [-0.05, 0) is 35.4 Å². The van der Waals surface area contributed by atoms with Gasteiger partial charge in [0.25, 0.3) is 0 Å². The van der Waals surface area contributed by atoms with E-state index in [0.29, 0.717) is 17.1 Å². The second kappa shape index (κ2) is 7.35. The van der Waals surface area contributed by atoms with Crippen molar-refractivity contribution in [3.63, 3.8) is 0 Å². The van der Waals surface area contributed by atoms with Crippen LogP contribution in [0, 0.1) is 6.92 Å². The van der Waals surface area contributed by atoms with Gasteiger partial charge in [-0.25, -0.2) is 13.1 Å². The monoisotopic (exact) mass is 431 g/mol. The summed E-state index contributed by atoms with van der Waals surface area (Å²) in [6, 6.07) is 21.6. The van der Waals surface area contributed by atoms with Crippen molar-refractivity contribution in [2.75, 3.05) is 5.32 Å². The van der Waals surface area contributed by atoms with Gasteiger partial charge < -0.3 is 5.32 Å². The summed E-state index contributed by atoms with van der Waals surface area (Å²) >= 11 is 0. The molecule has 5 rings (SSSR count). The van der Waals surface area contributed by atoms with E-state index in [0.717, 1.165) is 27.6 Å². The second-order valence-electron chi connectivity index (χ2n) is 7.92. The molecule has 0 spiro atoms. The van der Waals surface area contributed by atoms with Crippen molar-refractivity contribution in [1.82, 2.24) is 9.78 Å². The van der Waals surface area contributed by atoms with Crippen molar-refractivity contribution in [2.24, 2.45) is 0 Å². The Balaban J connectivity index is 1.50. The summed E-state index contributed by atoms with van der Waals surface area (Å²) in [7, 11) is -3.24. The maximum Gasteiger partial charge on any atom is 0.229 e. The number of benzene rings is 3. The first kappa shape index (κ1) is 19.5. The molecule has 6 nitrogen and oxygen atoms in total. The molecule has 156 valence electrons. The molecule has 0 saturated heterocycles. The number of rotatable bonds is 4. The summed E-state index contributed by atoms with van der Waals surface area (Å²) < 4.78 is 25.9. The molecule has 1 aliphatic heterocycles. The number of aromatic nitrogens is 2. The predicted octanol–water partition coefficient (Wildman–Crippen LogP) is 3.94. The minimum Gasteiger partial charge on any atom is -0.310 e. The van der Waals surface area contributed by atoms with E-state index in [1.807, 2.05) is 73.7 Å². The minimum absolute atomic E-state index is 0.104. The SMILES string of the molecule is Cc1ccc(-n2nc3c(c2NC(=O)Cc2cccc4ccccc24)CS(=O)(=O)C3)cc1. The van der Waals surface area contributed by atoms with E-state index >= 15 is 0 Å². The fourth-order valence-electron chi connectivity index (χ4n) is 4.04. The van der Waals surface area contributed by atoms with E-state index in [4.69, 9.17) is 0 Å². The van der Waals surface area contributed by atoms with E-state index < -0.39 is 9.84 Å². The van der Waals surface area contributed by atoms with Gasteiger partial charge in [-0.15, -0.1) is 0 Å². The number of carbonyl (C=O) groups is 1. The molecule has 2 heterocycles. The van der Waals surface area contributed by atoms with Crippen LogP contribution in [0.25, 0.3) is 16.5 Å². The van der Waals surface area contributed by atoms with E-state index in [1.54, 1.807) is 4.68 Å². The molecule has 1 N–H and O–H groups in total. The van der Waals surface area contributed by atoms with E-state index in [9.17, 15) is 13.2 Å². The quantitative estimate of drug-likeness (QED) is 0.531. The minimum atomic E-state index is -3.24. The van der Waals surface area contributed by atoms with Gasteiger partial charge in [0.1, 0.15) is 5.82 Å².